The molecule has 0 heterocycles. The second-order valence-corrected chi connectivity index (χ2v) is 0. The van der Waals surface area contributed by atoms with E-state index in [0.29, 0.717) is 0 Å². The topological polar surface area (TPSA) is 61.0 Å². The van der Waals surface area contributed by atoms with E-state index in [1.54, 1.807) is 0 Å². The molecule has 0 N–H and O–H groups in total. The Kier molecular flexibility index (Phi) is 225. The van der Waals surface area contributed by atoms with Crippen molar-refractivity contribution in [2.45, 2.75) is 0 Å². The van der Waals surface area contributed by atoms with Crippen LogP contribution in [0.5, 0.6) is 0 Å². The molecule has 0 rings (SSSR count). The van der Waals surface area contributed by atoms with Gasteiger partial charge in [0.15, 0.2) is 0 Å². The van der Waals surface area contributed by atoms with Crippen molar-refractivity contribution >= 4 is 0 Å². The Balaban J connectivity index is 0. The number of rotatable bonds is 0. The van der Waals surface area contributed by atoms with Gasteiger partial charge in [-0.2, -0.15) is 0 Å². The van der Waals surface area contributed by atoms with Crippen LogP contribution in [0.2, 0.25) is 0 Å². The van der Waals surface area contributed by atoms with Crippen LogP contribution >= 0.6 is 0 Å². The monoisotopic (exact) mass is 236 g/mol. The summed E-state index contributed by atoms with van der Waals surface area (Å²) in [4.78, 5) is 0. The molecule has 2 radical (unpaired) electrons. The SMILES string of the molecule is [Fe+3].[N-3].[N-3].[Sm+3]. The van der Waals surface area contributed by atoms with Gasteiger partial charge in [0, 0.05) is 0 Å². The summed E-state index contributed by atoms with van der Waals surface area (Å²) in [5.41, 5.74) is 0. The van der Waals surface area contributed by atoms with Crippen molar-refractivity contribution < 1.29 is 57.5 Å². The first-order chi connectivity index (χ1) is 0. The number of hydrogen-bond donors (Lipinski definition) is 0. The maximum atomic E-state index is 0. The Bertz CT molecular complexity index is 6.00. The summed E-state index contributed by atoms with van der Waals surface area (Å²) >= 11 is 0. The van der Waals surface area contributed by atoms with E-state index in [-0.39, 0.29) is 69.8 Å². The van der Waals surface area contributed by atoms with Gasteiger partial charge in [-0.1, -0.05) is 0 Å². The van der Waals surface area contributed by atoms with E-state index in [1.165, 1.54) is 0 Å². The summed E-state index contributed by atoms with van der Waals surface area (Å²) < 4.78 is 0. The number of hydrogen-bond acceptors (Lipinski definition) is 0. The molecular weight excluding hydrogens is 234 g/mol. The summed E-state index contributed by atoms with van der Waals surface area (Å²) in [5, 5.41) is 0. The maximum absolute atomic E-state index is 0. The van der Waals surface area contributed by atoms with E-state index in [0.717, 1.165) is 0 Å². The van der Waals surface area contributed by atoms with Gasteiger partial charge in [-0.25, -0.2) is 0 Å². The molecule has 0 aliphatic rings. The molecule has 2 nitrogen and oxygen atoms in total. The Hall–Kier alpha value is 1.78. The predicted molar refractivity (Wildman–Crippen MR) is 6.72 cm³/mol. The van der Waals surface area contributed by atoms with Gasteiger partial charge in [-0.3, -0.25) is 0 Å². The Morgan fingerprint density at radius 3 is 0.750 bits per heavy atom. The molecule has 4 heavy (non-hydrogen) atoms. The largest absolute Gasteiger partial charge is 3.00 e. The van der Waals surface area contributed by atoms with Gasteiger partial charge in [-0.15, -0.1) is 0 Å². The van der Waals surface area contributed by atoms with Crippen molar-refractivity contribution in [1.29, 1.82) is 0 Å². The molecule has 0 spiro atoms. The summed E-state index contributed by atoms with van der Waals surface area (Å²) in [6.45, 7) is 0. The normalized spacial score (nSPS) is 0. The molecule has 0 saturated heterocycles. The van der Waals surface area contributed by atoms with Crippen LogP contribution in [0, 0.1) is 40.4 Å². The van der Waals surface area contributed by atoms with Crippen molar-refractivity contribution in [3.05, 3.63) is 12.3 Å². The summed E-state index contributed by atoms with van der Waals surface area (Å²) in [7, 11) is 0. The Morgan fingerprint density at radius 2 is 0.750 bits per heavy atom. The van der Waals surface area contributed by atoms with E-state index in [4.69, 9.17) is 0 Å². The second-order valence-electron chi connectivity index (χ2n) is 0. The first-order valence-corrected chi connectivity index (χ1v) is 0. The minimum absolute atomic E-state index is 0. The van der Waals surface area contributed by atoms with Crippen LogP contribution in [0.25, 0.3) is 12.3 Å². The van der Waals surface area contributed by atoms with E-state index in [2.05, 4.69) is 0 Å². The van der Waals surface area contributed by atoms with Crippen LogP contribution in [0.1, 0.15) is 0 Å². The Morgan fingerprint density at radius 1 is 0.750 bits per heavy atom. The first kappa shape index (κ1) is 41.7. The average molecular weight is 234 g/mol. The molecule has 0 amide bonds. The quantitative estimate of drug-likeness (QED) is 0.550. The van der Waals surface area contributed by atoms with Crippen molar-refractivity contribution in [1.82, 2.24) is 0 Å². The third kappa shape index (κ3) is 9.22. The van der Waals surface area contributed by atoms with Crippen LogP contribution in [-0.4, -0.2) is 0 Å². The molecule has 0 aliphatic carbocycles. The molecule has 0 unspecified atom stereocenters. The van der Waals surface area contributed by atoms with Gasteiger partial charge in [0.2, 0.25) is 0 Å². The van der Waals surface area contributed by atoms with Crippen molar-refractivity contribution in [3.8, 4) is 0 Å². The zero-order valence-corrected chi connectivity index (χ0v) is 5.38. The second kappa shape index (κ2) is 21.6. The molecule has 0 aliphatic heterocycles. The van der Waals surface area contributed by atoms with Gasteiger partial charge >= 0.3 is 57.5 Å². The number of nitrogens with zero attached hydrogens (tertiary/aromatic N) is 2. The third-order valence-corrected chi connectivity index (χ3v) is 0. The molecule has 0 atom stereocenters. The van der Waals surface area contributed by atoms with Crippen molar-refractivity contribution in [2.24, 2.45) is 0 Å². The summed E-state index contributed by atoms with van der Waals surface area (Å²) in [5.74, 6) is 0. The van der Waals surface area contributed by atoms with Crippen LogP contribution in [-0.2, 0) is 17.1 Å². The van der Waals surface area contributed by atoms with Crippen molar-refractivity contribution in [2.75, 3.05) is 0 Å². The van der Waals surface area contributed by atoms with Crippen molar-refractivity contribution in [3.63, 3.8) is 0 Å². The van der Waals surface area contributed by atoms with Crippen LogP contribution in [0.4, 0.5) is 0 Å². The minimum Gasteiger partial charge on any atom is -3.00 e. The molecule has 0 bridgehead atoms. The molecule has 0 aromatic rings. The van der Waals surface area contributed by atoms with Gasteiger partial charge < -0.3 is 12.3 Å². The van der Waals surface area contributed by atoms with E-state index >= 15 is 0 Å². The maximum Gasteiger partial charge on any atom is 3.00 e. The van der Waals surface area contributed by atoms with E-state index in [1.807, 2.05) is 0 Å². The van der Waals surface area contributed by atoms with Crippen LogP contribution in [0.15, 0.2) is 0 Å². The van der Waals surface area contributed by atoms with E-state index < -0.39 is 0 Å². The molecule has 4 heteroatoms. The fraction of sp³-hybridized carbons (Fsp3) is 0. The van der Waals surface area contributed by atoms with Gasteiger partial charge in [0.05, 0.1) is 0 Å². The van der Waals surface area contributed by atoms with Gasteiger partial charge in [0.25, 0.3) is 0 Å². The molecule has 0 aromatic heterocycles. The molecule has 0 aromatic carbocycles. The van der Waals surface area contributed by atoms with Crippen LogP contribution < -0.4 is 0 Å². The molecule has 0 fully saturated rings. The molecule has 0 saturated carbocycles. The Labute approximate surface area is 68.8 Å². The zero-order valence-electron chi connectivity index (χ0n) is 1.66. The van der Waals surface area contributed by atoms with Gasteiger partial charge in [-0.05, 0) is 0 Å². The zero-order chi connectivity index (χ0) is 0. The third-order valence-electron chi connectivity index (χ3n) is 0. The standard InChI is InChI=1S/Fe.2N.Sm/q+3;2*-3;+3. The average Bonchev–Trinajstić information content (AvgIpc) is 0. The summed E-state index contributed by atoms with van der Waals surface area (Å²) in [6.07, 6.45) is 0. The fourth-order valence-corrected chi connectivity index (χ4v) is 0. The molecule has 24 valence electrons. The van der Waals surface area contributed by atoms with Crippen LogP contribution in [0.3, 0.4) is 0 Å². The van der Waals surface area contributed by atoms with Gasteiger partial charge in [0.1, 0.15) is 0 Å². The first-order valence-electron chi connectivity index (χ1n) is 0. The minimum atomic E-state index is 0. The van der Waals surface area contributed by atoms with E-state index in [9.17, 15) is 0 Å². The summed E-state index contributed by atoms with van der Waals surface area (Å²) in [6, 6.07) is 0. The smallest absolute Gasteiger partial charge is 3.00 e. The fourth-order valence-electron chi connectivity index (χ4n) is 0. The molecular formula is FeN2Sm. The predicted octanol–water partition coefficient (Wildman–Crippen LogP) is 0.575.